The van der Waals surface area contributed by atoms with Crippen LogP contribution in [-0.2, 0) is 6.54 Å². The van der Waals surface area contributed by atoms with Gasteiger partial charge in [-0.2, -0.15) is 0 Å². The molecule has 0 aromatic heterocycles. The fourth-order valence-electron chi connectivity index (χ4n) is 1.77. The summed E-state index contributed by atoms with van der Waals surface area (Å²) in [5.74, 6) is 0.729. The van der Waals surface area contributed by atoms with Crippen LogP contribution in [0.2, 0.25) is 0 Å². The van der Waals surface area contributed by atoms with Crippen LogP contribution in [0.5, 0.6) is 5.75 Å². The van der Waals surface area contributed by atoms with Crippen LogP contribution >= 0.6 is 0 Å². The minimum Gasteiger partial charge on any atom is -0.494 e. The van der Waals surface area contributed by atoms with Gasteiger partial charge in [0.05, 0.1) is 6.61 Å². The summed E-state index contributed by atoms with van der Waals surface area (Å²) in [5, 5.41) is 3.21. The molecular formula is C16H18FNO. The van der Waals surface area contributed by atoms with Crippen molar-refractivity contribution in [3.63, 3.8) is 0 Å². The van der Waals surface area contributed by atoms with Crippen molar-refractivity contribution in [1.82, 2.24) is 5.32 Å². The Morgan fingerprint density at radius 3 is 2.47 bits per heavy atom. The summed E-state index contributed by atoms with van der Waals surface area (Å²) < 4.78 is 18.9. The van der Waals surface area contributed by atoms with Gasteiger partial charge in [0.15, 0.2) is 0 Å². The fourth-order valence-corrected chi connectivity index (χ4v) is 1.77. The molecule has 0 radical (unpaired) electrons. The summed E-state index contributed by atoms with van der Waals surface area (Å²) in [5.41, 5.74) is 0.700. The van der Waals surface area contributed by atoms with Gasteiger partial charge in [-0.3, -0.25) is 0 Å². The predicted molar refractivity (Wildman–Crippen MR) is 74.7 cm³/mol. The Morgan fingerprint density at radius 1 is 0.947 bits per heavy atom. The van der Waals surface area contributed by atoms with Gasteiger partial charge in [-0.05, 0) is 31.2 Å². The first-order valence-corrected chi connectivity index (χ1v) is 6.48. The van der Waals surface area contributed by atoms with Gasteiger partial charge in [-0.15, -0.1) is 0 Å². The van der Waals surface area contributed by atoms with E-state index in [1.165, 1.54) is 6.07 Å². The van der Waals surface area contributed by atoms with Crippen LogP contribution in [0.25, 0.3) is 0 Å². The standard InChI is InChI=1S/C16H18FNO/c17-16-10-5-4-7-14(16)13-18-11-6-12-19-15-8-2-1-3-9-15/h1-5,7-10,18H,6,11-13H2. The monoisotopic (exact) mass is 259 g/mol. The predicted octanol–water partition coefficient (Wildman–Crippen LogP) is 3.38. The number of benzene rings is 2. The molecule has 0 unspecified atom stereocenters. The number of nitrogens with one attached hydrogen (secondary N) is 1. The molecule has 0 spiro atoms. The van der Waals surface area contributed by atoms with Crippen molar-refractivity contribution in [2.24, 2.45) is 0 Å². The van der Waals surface area contributed by atoms with Gasteiger partial charge in [0, 0.05) is 12.1 Å². The van der Waals surface area contributed by atoms with Crippen molar-refractivity contribution in [2.75, 3.05) is 13.2 Å². The molecule has 0 saturated heterocycles. The Balaban J connectivity index is 1.59. The summed E-state index contributed by atoms with van der Waals surface area (Å²) in [7, 11) is 0. The zero-order valence-electron chi connectivity index (χ0n) is 10.8. The number of hydrogen-bond acceptors (Lipinski definition) is 2. The molecule has 0 atom stereocenters. The molecule has 1 N–H and O–H groups in total. The van der Waals surface area contributed by atoms with Crippen LogP contribution in [0.3, 0.4) is 0 Å². The SMILES string of the molecule is Fc1ccccc1CNCCCOc1ccccc1. The molecule has 0 saturated carbocycles. The summed E-state index contributed by atoms with van der Waals surface area (Å²) in [6, 6.07) is 16.6. The van der Waals surface area contributed by atoms with Crippen LogP contribution in [-0.4, -0.2) is 13.2 Å². The van der Waals surface area contributed by atoms with E-state index in [0.29, 0.717) is 18.7 Å². The zero-order valence-corrected chi connectivity index (χ0v) is 10.8. The first-order chi connectivity index (χ1) is 9.36. The minimum atomic E-state index is -0.157. The molecule has 3 heteroatoms. The molecule has 2 nitrogen and oxygen atoms in total. The molecule has 2 rings (SSSR count). The molecule has 0 fully saturated rings. The van der Waals surface area contributed by atoms with E-state index in [9.17, 15) is 4.39 Å². The third-order valence-electron chi connectivity index (χ3n) is 2.78. The lowest BCUT2D eigenvalue weighted by Crippen LogP contribution is -2.17. The highest BCUT2D eigenvalue weighted by atomic mass is 19.1. The molecule has 2 aromatic rings. The smallest absolute Gasteiger partial charge is 0.127 e. The lowest BCUT2D eigenvalue weighted by Gasteiger charge is -2.07. The first-order valence-electron chi connectivity index (χ1n) is 6.48. The van der Waals surface area contributed by atoms with E-state index in [4.69, 9.17) is 4.74 Å². The van der Waals surface area contributed by atoms with Crippen LogP contribution < -0.4 is 10.1 Å². The maximum Gasteiger partial charge on any atom is 0.127 e. The largest absolute Gasteiger partial charge is 0.494 e. The topological polar surface area (TPSA) is 21.3 Å². The van der Waals surface area contributed by atoms with Crippen LogP contribution in [0.1, 0.15) is 12.0 Å². The third-order valence-corrected chi connectivity index (χ3v) is 2.78. The van der Waals surface area contributed by atoms with E-state index in [0.717, 1.165) is 18.7 Å². The maximum absolute atomic E-state index is 13.3. The van der Waals surface area contributed by atoms with Crippen molar-refractivity contribution >= 4 is 0 Å². The molecule has 0 heterocycles. The molecule has 0 aliphatic carbocycles. The van der Waals surface area contributed by atoms with Crippen molar-refractivity contribution in [3.05, 3.63) is 66.0 Å². The number of para-hydroxylation sites is 1. The van der Waals surface area contributed by atoms with Crippen molar-refractivity contribution < 1.29 is 9.13 Å². The molecule has 100 valence electrons. The second kappa shape index (κ2) is 7.54. The van der Waals surface area contributed by atoms with Crippen molar-refractivity contribution in [2.45, 2.75) is 13.0 Å². The number of rotatable bonds is 7. The fraction of sp³-hybridized carbons (Fsp3) is 0.250. The summed E-state index contributed by atoms with van der Waals surface area (Å²) in [6.07, 6.45) is 0.892. The normalized spacial score (nSPS) is 10.4. The van der Waals surface area contributed by atoms with E-state index in [1.54, 1.807) is 12.1 Å². The van der Waals surface area contributed by atoms with Crippen LogP contribution in [0.15, 0.2) is 54.6 Å². The quantitative estimate of drug-likeness (QED) is 0.770. The highest BCUT2D eigenvalue weighted by Crippen LogP contribution is 2.08. The average molecular weight is 259 g/mol. The average Bonchev–Trinajstić information content (AvgIpc) is 2.45. The van der Waals surface area contributed by atoms with E-state index >= 15 is 0 Å². The molecule has 0 bridgehead atoms. The summed E-state index contributed by atoms with van der Waals surface area (Å²) in [6.45, 7) is 2.02. The number of hydrogen-bond donors (Lipinski definition) is 1. The molecule has 2 aromatic carbocycles. The van der Waals surface area contributed by atoms with Gasteiger partial charge in [0.2, 0.25) is 0 Å². The van der Waals surface area contributed by atoms with Gasteiger partial charge >= 0.3 is 0 Å². The van der Waals surface area contributed by atoms with Gasteiger partial charge in [0.1, 0.15) is 11.6 Å². The highest BCUT2D eigenvalue weighted by molar-refractivity contribution is 5.20. The van der Waals surface area contributed by atoms with E-state index in [1.807, 2.05) is 36.4 Å². The maximum atomic E-state index is 13.3. The highest BCUT2D eigenvalue weighted by Gasteiger charge is 1.99. The Hall–Kier alpha value is -1.87. The number of ether oxygens (including phenoxy) is 1. The Labute approximate surface area is 113 Å². The van der Waals surface area contributed by atoms with Gasteiger partial charge < -0.3 is 10.1 Å². The Kier molecular flexibility index (Phi) is 5.38. The van der Waals surface area contributed by atoms with E-state index in [-0.39, 0.29) is 5.82 Å². The van der Waals surface area contributed by atoms with Gasteiger partial charge in [-0.1, -0.05) is 36.4 Å². The molecule has 19 heavy (non-hydrogen) atoms. The van der Waals surface area contributed by atoms with Crippen LogP contribution in [0, 0.1) is 5.82 Å². The Bertz CT molecular complexity index is 487. The molecular weight excluding hydrogens is 241 g/mol. The third kappa shape index (κ3) is 4.72. The second-order valence-corrected chi connectivity index (χ2v) is 4.28. The van der Waals surface area contributed by atoms with Crippen LogP contribution in [0.4, 0.5) is 4.39 Å². The van der Waals surface area contributed by atoms with Crippen molar-refractivity contribution in [3.8, 4) is 5.75 Å². The lowest BCUT2D eigenvalue weighted by molar-refractivity contribution is 0.308. The zero-order chi connectivity index (χ0) is 13.3. The van der Waals surface area contributed by atoms with E-state index in [2.05, 4.69) is 5.32 Å². The summed E-state index contributed by atoms with van der Waals surface area (Å²) >= 11 is 0. The van der Waals surface area contributed by atoms with Gasteiger partial charge in [0.25, 0.3) is 0 Å². The molecule has 0 aliphatic heterocycles. The lowest BCUT2D eigenvalue weighted by atomic mass is 10.2. The molecule has 0 amide bonds. The first kappa shape index (κ1) is 13.6. The van der Waals surface area contributed by atoms with Crippen molar-refractivity contribution in [1.29, 1.82) is 0 Å². The second-order valence-electron chi connectivity index (χ2n) is 4.28. The van der Waals surface area contributed by atoms with E-state index < -0.39 is 0 Å². The minimum absolute atomic E-state index is 0.157. The van der Waals surface area contributed by atoms with Gasteiger partial charge in [-0.25, -0.2) is 4.39 Å². The molecule has 0 aliphatic rings. The Morgan fingerprint density at radius 2 is 1.68 bits per heavy atom. The summed E-state index contributed by atoms with van der Waals surface area (Å²) in [4.78, 5) is 0. The number of halogens is 1.